The van der Waals surface area contributed by atoms with Crippen LogP contribution >= 0.6 is 23.3 Å². The van der Waals surface area contributed by atoms with Gasteiger partial charge in [0.05, 0.1) is 0 Å². The summed E-state index contributed by atoms with van der Waals surface area (Å²) in [6.07, 6.45) is 1.58. The summed E-state index contributed by atoms with van der Waals surface area (Å²) < 4.78 is 4.93. The van der Waals surface area contributed by atoms with Gasteiger partial charge in [0.15, 0.2) is 4.34 Å². The molecule has 3 nitrogen and oxygen atoms in total. The summed E-state index contributed by atoms with van der Waals surface area (Å²) >= 11 is 3.10. The molecule has 1 aromatic heterocycles. The Labute approximate surface area is 90.5 Å². The zero-order valence-electron chi connectivity index (χ0n) is 7.38. The summed E-state index contributed by atoms with van der Waals surface area (Å²) in [4.78, 5) is 4.09. The van der Waals surface area contributed by atoms with E-state index in [2.05, 4.69) is 15.4 Å². The second kappa shape index (κ2) is 4.43. The van der Waals surface area contributed by atoms with Gasteiger partial charge in [-0.2, -0.15) is 4.37 Å². The van der Waals surface area contributed by atoms with E-state index in [1.54, 1.807) is 18.1 Å². The zero-order valence-corrected chi connectivity index (χ0v) is 9.02. The molecule has 0 bridgehead atoms. The Balaban J connectivity index is 1.98. The molecule has 0 saturated carbocycles. The van der Waals surface area contributed by atoms with Gasteiger partial charge in [-0.25, -0.2) is 4.98 Å². The van der Waals surface area contributed by atoms with Crippen LogP contribution < -0.4 is 5.73 Å². The van der Waals surface area contributed by atoms with Crippen LogP contribution in [0.2, 0.25) is 0 Å². The monoisotopic (exact) mass is 223 g/mol. The molecule has 0 amide bonds. The third kappa shape index (κ3) is 2.46. The summed E-state index contributed by atoms with van der Waals surface area (Å²) in [7, 11) is 0. The predicted octanol–water partition coefficient (Wildman–Crippen LogP) is 2.41. The minimum Gasteiger partial charge on any atom is -0.399 e. The van der Waals surface area contributed by atoms with Crippen molar-refractivity contribution < 1.29 is 0 Å². The van der Waals surface area contributed by atoms with Crippen molar-refractivity contribution in [2.24, 2.45) is 0 Å². The van der Waals surface area contributed by atoms with Gasteiger partial charge in [-0.3, -0.25) is 0 Å². The lowest BCUT2D eigenvalue weighted by molar-refractivity contribution is 1.21. The third-order valence-electron chi connectivity index (χ3n) is 1.65. The number of nitrogen functional groups attached to an aromatic ring is 1. The molecule has 0 radical (unpaired) electrons. The summed E-state index contributed by atoms with van der Waals surface area (Å²) in [5.41, 5.74) is 7.69. The summed E-state index contributed by atoms with van der Waals surface area (Å²) in [5.74, 6) is 0.889. The first-order valence-electron chi connectivity index (χ1n) is 4.08. The van der Waals surface area contributed by atoms with E-state index in [4.69, 9.17) is 5.73 Å². The van der Waals surface area contributed by atoms with E-state index < -0.39 is 0 Å². The van der Waals surface area contributed by atoms with Crippen LogP contribution in [0.25, 0.3) is 0 Å². The van der Waals surface area contributed by atoms with Gasteiger partial charge in [0.1, 0.15) is 6.33 Å². The van der Waals surface area contributed by atoms with Crippen molar-refractivity contribution in [3.63, 3.8) is 0 Å². The van der Waals surface area contributed by atoms with E-state index in [9.17, 15) is 0 Å². The number of thioether (sulfide) groups is 1. The molecular weight excluding hydrogens is 214 g/mol. The highest BCUT2D eigenvalue weighted by Gasteiger charge is 1.99. The normalized spacial score (nSPS) is 10.3. The lowest BCUT2D eigenvalue weighted by atomic mass is 10.2. The topological polar surface area (TPSA) is 51.8 Å². The van der Waals surface area contributed by atoms with Crippen LogP contribution in [0.15, 0.2) is 34.9 Å². The maximum atomic E-state index is 5.67. The van der Waals surface area contributed by atoms with Gasteiger partial charge < -0.3 is 5.73 Å². The zero-order chi connectivity index (χ0) is 9.80. The van der Waals surface area contributed by atoms with E-state index in [0.29, 0.717) is 0 Å². The van der Waals surface area contributed by atoms with Gasteiger partial charge in [-0.15, -0.1) is 0 Å². The minimum atomic E-state index is 0.806. The third-order valence-corrected chi connectivity index (χ3v) is 3.52. The smallest absolute Gasteiger partial charge is 0.170 e. The highest BCUT2D eigenvalue weighted by Crippen LogP contribution is 2.23. The molecule has 0 spiro atoms. The number of hydrogen-bond donors (Lipinski definition) is 1. The van der Waals surface area contributed by atoms with Gasteiger partial charge in [-0.1, -0.05) is 23.9 Å². The van der Waals surface area contributed by atoms with E-state index in [0.717, 1.165) is 15.8 Å². The number of anilines is 1. The van der Waals surface area contributed by atoms with Gasteiger partial charge >= 0.3 is 0 Å². The fraction of sp³-hybridized carbons (Fsp3) is 0.111. The molecule has 1 aromatic carbocycles. The molecule has 0 atom stereocenters. The lowest BCUT2D eigenvalue weighted by Gasteiger charge is -1.99. The van der Waals surface area contributed by atoms with Crippen molar-refractivity contribution in [1.29, 1.82) is 0 Å². The van der Waals surface area contributed by atoms with Gasteiger partial charge in [0.2, 0.25) is 0 Å². The molecule has 1 heterocycles. The molecule has 0 saturated heterocycles. The van der Waals surface area contributed by atoms with E-state index in [1.165, 1.54) is 17.1 Å². The van der Waals surface area contributed by atoms with Crippen LogP contribution in [0.3, 0.4) is 0 Å². The number of nitrogens with two attached hydrogens (primary N) is 1. The maximum Gasteiger partial charge on any atom is 0.170 e. The Morgan fingerprint density at radius 1 is 1.43 bits per heavy atom. The molecule has 0 unspecified atom stereocenters. The van der Waals surface area contributed by atoms with Crippen molar-refractivity contribution in [2.75, 3.05) is 5.73 Å². The molecule has 0 fully saturated rings. The second-order valence-electron chi connectivity index (χ2n) is 2.74. The summed E-state index contributed by atoms with van der Waals surface area (Å²) in [5, 5.41) is 0. The molecular formula is C9H9N3S2. The molecule has 0 aliphatic heterocycles. The number of hydrogen-bond acceptors (Lipinski definition) is 5. The average molecular weight is 223 g/mol. The molecule has 0 aliphatic carbocycles. The predicted molar refractivity (Wildman–Crippen MR) is 60.3 cm³/mol. The van der Waals surface area contributed by atoms with Gasteiger partial charge in [-0.05, 0) is 29.2 Å². The second-order valence-corrected chi connectivity index (χ2v) is 4.74. The first-order chi connectivity index (χ1) is 6.84. The minimum absolute atomic E-state index is 0.806. The number of nitrogens with zero attached hydrogens (tertiary/aromatic N) is 2. The van der Waals surface area contributed by atoms with Gasteiger partial charge in [0.25, 0.3) is 0 Å². The highest BCUT2D eigenvalue weighted by molar-refractivity contribution is 8.00. The maximum absolute atomic E-state index is 5.67. The van der Waals surface area contributed by atoms with Crippen molar-refractivity contribution in [2.45, 2.75) is 10.1 Å². The van der Waals surface area contributed by atoms with Crippen molar-refractivity contribution in [1.82, 2.24) is 9.36 Å². The number of rotatable bonds is 3. The number of benzene rings is 1. The summed E-state index contributed by atoms with van der Waals surface area (Å²) in [6, 6.07) is 7.89. The number of aromatic nitrogens is 2. The Morgan fingerprint density at radius 2 is 2.36 bits per heavy atom. The van der Waals surface area contributed by atoms with Gasteiger partial charge in [0, 0.05) is 11.4 Å². The molecule has 2 rings (SSSR count). The van der Waals surface area contributed by atoms with Crippen LogP contribution in [0.1, 0.15) is 5.56 Å². The first-order valence-corrected chi connectivity index (χ1v) is 5.84. The first kappa shape index (κ1) is 9.48. The quantitative estimate of drug-likeness (QED) is 0.641. The van der Waals surface area contributed by atoms with Crippen molar-refractivity contribution in [3.05, 3.63) is 36.2 Å². The van der Waals surface area contributed by atoms with Crippen LogP contribution in [0.4, 0.5) is 5.69 Å². The van der Waals surface area contributed by atoms with Crippen LogP contribution in [-0.4, -0.2) is 9.36 Å². The summed E-state index contributed by atoms with van der Waals surface area (Å²) in [6.45, 7) is 0. The largest absolute Gasteiger partial charge is 0.399 e. The van der Waals surface area contributed by atoms with Crippen LogP contribution in [0.5, 0.6) is 0 Å². The Kier molecular flexibility index (Phi) is 3.00. The molecule has 14 heavy (non-hydrogen) atoms. The lowest BCUT2D eigenvalue weighted by Crippen LogP contribution is -1.86. The standard InChI is InChI=1S/C9H9N3S2/c10-8-3-1-2-7(4-8)5-13-9-11-6-12-14-9/h1-4,6H,5,10H2. The van der Waals surface area contributed by atoms with Crippen LogP contribution in [-0.2, 0) is 5.75 Å². The van der Waals surface area contributed by atoms with E-state index in [1.807, 2.05) is 18.2 Å². The SMILES string of the molecule is Nc1cccc(CSc2ncns2)c1. The molecule has 72 valence electrons. The van der Waals surface area contributed by atoms with Crippen molar-refractivity contribution in [3.8, 4) is 0 Å². The fourth-order valence-corrected chi connectivity index (χ4v) is 2.44. The highest BCUT2D eigenvalue weighted by atomic mass is 32.2. The fourth-order valence-electron chi connectivity index (χ4n) is 1.05. The average Bonchev–Trinajstić information content (AvgIpc) is 2.67. The molecule has 5 heteroatoms. The Hall–Kier alpha value is -1.07. The molecule has 2 aromatic rings. The Morgan fingerprint density at radius 3 is 3.07 bits per heavy atom. The Bertz CT molecular complexity index is 400. The molecule has 0 aliphatic rings. The van der Waals surface area contributed by atoms with Crippen LogP contribution in [0, 0.1) is 0 Å². The van der Waals surface area contributed by atoms with Crippen molar-refractivity contribution >= 4 is 29.0 Å². The van der Waals surface area contributed by atoms with E-state index >= 15 is 0 Å². The molecule has 2 N–H and O–H groups in total. The van der Waals surface area contributed by atoms with E-state index in [-0.39, 0.29) is 0 Å².